The third kappa shape index (κ3) is 3.13. The lowest BCUT2D eigenvalue weighted by Crippen LogP contribution is -2.13. The smallest absolute Gasteiger partial charge is 0.125 e. The average molecular weight is 261 g/mol. The molecular weight excluding hydrogens is 241 g/mol. The Morgan fingerprint density at radius 1 is 1.32 bits per heavy atom. The molecule has 0 unspecified atom stereocenters. The third-order valence-electron chi connectivity index (χ3n) is 3.36. The highest BCUT2D eigenvalue weighted by molar-refractivity contribution is 5.42. The summed E-state index contributed by atoms with van der Waals surface area (Å²) in [6, 6.07) is 6.51. The van der Waals surface area contributed by atoms with Gasteiger partial charge in [-0.1, -0.05) is 13.0 Å². The fourth-order valence-corrected chi connectivity index (χ4v) is 2.37. The van der Waals surface area contributed by atoms with Crippen molar-refractivity contribution in [3.8, 4) is 0 Å². The summed E-state index contributed by atoms with van der Waals surface area (Å²) in [5.41, 5.74) is 4.45. The normalized spacial score (nSPS) is 10.7. The number of nitrogens with zero attached hydrogens (tertiary/aromatic N) is 2. The van der Waals surface area contributed by atoms with Gasteiger partial charge in [0.15, 0.2) is 0 Å². The summed E-state index contributed by atoms with van der Waals surface area (Å²) in [5, 5.41) is 7.74. The average Bonchev–Trinajstić information content (AvgIpc) is 2.64. The standard InChI is InChI=1S/C15H20FN3/c1-4-15-11(2)18-19(12(15)3)9-8-17-14-7-5-6-13(16)10-14/h5-7,10,17H,4,8-9H2,1-3H3. The topological polar surface area (TPSA) is 29.9 Å². The highest BCUT2D eigenvalue weighted by Gasteiger charge is 2.08. The van der Waals surface area contributed by atoms with Gasteiger partial charge in [-0.15, -0.1) is 0 Å². The molecule has 0 bridgehead atoms. The molecule has 1 aromatic heterocycles. The van der Waals surface area contributed by atoms with Gasteiger partial charge in [-0.2, -0.15) is 5.10 Å². The van der Waals surface area contributed by atoms with Crippen molar-refractivity contribution in [2.24, 2.45) is 0 Å². The second kappa shape index (κ2) is 5.87. The van der Waals surface area contributed by atoms with Crippen LogP contribution in [0.25, 0.3) is 0 Å². The number of anilines is 1. The van der Waals surface area contributed by atoms with E-state index < -0.39 is 0 Å². The largest absolute Gasteiger partial charge is 0.383 e. The number of hydrogen-bond acceptors (Lipinski definition) is 2. The van der Waals surface area contributed by atoms with Crippen LogP contribution < -0.4 is 5.32 Å². The number of halogens is 1. The van der Waals surface area contributed by atoms with E-state index in [1.165, 1.54) is 23.4 Å². The molecule has 0 saturated heterocycles. The van der Waals surface area contributed by atoms with E-state index in [9.17, 15) is 4.39 Å². The lowest BCUT2D eigenvalue weighted by atomic mass is 10.1. The first-order chi connectivity index (χ1) is 9.11. The molecule has 0 aliphatic rings. The fourth-order valence-electron chi connectivity index (χ4n) is 2.37. The van der Waals surface area contributed by atoms with Crippen molar-refractivity contribution in [2.75, 3.05) is 11.9 Å². The zero-order valence-electron chi connectivity index (χ0n) is 11.7. The summed E-state index contributed by atoms with van der Waals surface area (Å²) >= 11 is 0. The van der Waals surface area contributed by atoms with Crippen LogP contribution in [-0.2, 0) is 13.0 Å². The van der Waals surface area contributed by atoms with Gasteiger partial charge in [0.25, 0.3) is 0 Å². The summed E-state index contributed by atoms with van der Waals surface area (Å²) in [4.78, 5) is 0. The molecule has 0 radical (unpaired) electrons. The van der Waals surface area contributed by atoms with E-state index in [1.54, 1.807) is 6.07 Å². The number of benzene rings is 1. The van der Waals surface area contributed by atoms with E-state index in [4.69, 9.17) is 0 Å². The Morgan fingerprint density at radius 2 is 2.11 bits per heavy atom. The molecule has 0 saturated carbocycles. The van der Waals surface area contributed by atoms with Crippen LogP contribution in [0.2, 0.25) is 0 Å². The Morgan fingerprint density at radius 3 is 2.74 bits per heavy atom. The Balaban J connectivity index is 1.96. The zero-order chi connectivity index (χ0) is 13.8. The third-order valence-corrected chi connectivity index (χ3v) is 3.36. The first kappa shape index (κ1) is 13.6. The number of nitrogens with one attached hydrogen (secondary N) is 1. The van der Waals surface area contributed by atoms with Gasteiger partial charge in [0.05, 0.1) is 12.2 Å². The zero-order valence-corrected chi connectivity index (χ0v) is 11.7. The van der Waals surface area contributed by atoms with Crippen molar-refractivity contribution in [1.29, 1.82) is 0 Å². The molecule has 3 nitrogen and oxygen atoms in total. The van der Waals surface area contributed by atoms with Gasteiger partial charge in [-0.3, -0.25) is 4.68 Å². The molecule has 0 spiro atoms. The molecule has 1 heterocycles. The monoisotopic (exact) mass is 261 g/mol. The molecule has 2 rings (SSSR count). The number of aromatic nitrogens is 2. The summed E-state index contributed by atoms with van der Waals surface area (Å²) in [6.07, 6.45) is 1.01. The Bertz CT molecular complexity index is 561. The van der Waals surface area contributed by atoms with Crippen molar-refractivity contribution < 1.29 is 4.39 Å². The van der Waals surface area contributed by atoms with Crippen LogP contribution in [0.5, 0.6) is 0 Å². The van der Waals surface area contributed by atoms with Crippen LogP contribution in [0.3, 0.4) is 0 Å². The maximum atomic E-state index is 13.0. The number of hydrogen-bond donors (Lipinski definition) is 1. The lowest BCUT2D eigenvalue weighted by Gasteiger charge is -2.08. The molecule has 4 heteroatoms. The van der Waals surface area contributed by atoms with E-state index >= 15 is 0 Å². The van der Waals surface area contributed by atoms with Gasteiger partial charge in [-0.05, 0) is 44.0 Å². The Labute approximate surface area is 113 Å². The van der Waals surface area contributed by atoms with Crippen molar-refractivity contribution >= 4 is 5.69 Å². The lowest BCUT2D eigenvalue weighted by molar-refractivity contribution is 0.612. The van der Waals surface area contributed by atoms with Crippen molar-refractivity contribution in [3.63, 3.8) is 0 Å². The second-order valence-electron chi connectivity index (χ2n) is 4.66. The minimum absolute atomic E-state index is 0.218. The summed E-state index contributed by atoms with van der Waals surface area (Å²) < 4.78 is 15.0. The molecule has 102 valence electrons. The van der Waals surface area contributed by atoms with Gasteiger partial charge >= 0.3 is 0 Å². The van der Waals surface area contributed by atoms with Gasteiger partial charge in [0, 0.05) is 17.9 Å². The maximum absolute atomic E-state index is 13.0. The predicted molar refractivity (Wildman–Crippen MR) is 76.0 cm³/mol. The molecule has 0 atom stereocenters. The Hall–Kier alpha value is -1.84. The van der Waals surface area contributed by atoms with Gasteiger partial charge < -0.3 is 5.32 Å². The van der Waals surface area contributed by atoms with E-state index in [-0.39, 0.29) is 5.82 Å². The summed E-state index contributed by atoms with van der Waals surface area (Å²) in [5.74, 6) is -0.218. The molecule has 0 fully saturated rings. The van der Waals surface area contributed by atoms with Crippen LogP contribution in [0.4, 0.5) is 10.1 Å². The molecular formula is C15H20FN3. The SMILES string of the molecule is CCc1c(C)nn(CCNc2cccc(F)c2)c1C. The quantitative estimate of drug-likeness (QED) is 0.895. The molecule has 0 aliphatic carbocycles. The summed E-state index contributed by atoms with van der Waals surface area (Å²) in [6.45, 7) is 7.80. The van der Waals surface area contributed by atoms with Crippen LogP contribution in [-0.4, -0.2) is 16.3 Å². The molecule has 2 aromatic rings. The molecule has 0 aliphatic heterocycles. The summed E-state index contributed by atoms with van der Waals surface area (Å²) in [7, 11) is 0. The minimum atomic E-state index is -0.218. The van der Waals surface area contributed by atoms with Crippen molar-refractivity contribution in [1.82, 2.24) is 9.78 Å². The number of aryl methyl sites for hydroxylation is 1. The first-order valence-corrected chi connectivity index (χ1v) is 6.64. The molecule has 0 amide bonds. The molecule has 1 N–H and O–H groups in total. The second-order valence-corrected chi connectivity index (χ2v) is 4.66. The van der Waals surface area contributed by atoms with Crippen LogP contribution in [0.1, 0.15) is 23.9 Å². The Kier molecular flexibility index (Phi) is 4.20. The van der Waals surface area contributed by atoms with Crippen LogP contribution in [0, 0.1) is 19.7 Å². The number of rotatable bonds is 5. The van der Waals surface area contributed by atoms with Crippen molar-refractivity contribution in [3.05, 3.63) is 47.0 Å². The highest BCUT2D eigenvalue weighted by Crippen LogP contribution is 2.13. The van der Waals surface area contributed by atoms with Gasteiger partial charge in [0.2, 0.25) is 0 Å². The molecule has 1 aromatic carbocycles. The minimum Gasteiger partial charge on any atom is -0.383 e. The predicted octanol–water partition coefficient (Wildman–Crippen LogP) is 3.31. The van der Waals surface area contributed by atoms with E-state index in [1.807, 2.05) is 17.7 Å². The van der Waals surface area contributed by atoms with Gasteiger partial charge in [0.1, 0.15) is 5.82 Å². The molecule has 19 heavy (non-hydrogen) atoms. The van der Waals surface area contributed by atoms with Gasteiger partial charge in [-0.25, -0.2) is 4.39 Å². The first-order valence-electron chi connectivity index (χ1n) is 6.64. The van der Waals surface area contributed by atoms with Crippen LogP contribution in [0.15, 0.2) is 24.3 Å². The van der Waals surface area contributed by atoms with E-state index in [0.29, 0.717) is 0 Å². The highest BCUT2D eigenvalue weighted by atomic mass is 19.1. The maximum Gasteiger partial charge on any atom is 0.125 e. The fraction of sp³-hybridized carbons (Fsp3) is 0.400. The van der Waals surface area contributed by atoms with E-state index in [2.05, 4.69) is 24.3 Å². The van der Waals surface area contributed by atoms with Crippen LogP contribution >= 0.6 is 0 Å². The van der Waals surface area contributed by atoms with E-state index in [0.717, 1.165) is 30.9 Å². The van der Waals surface area contributed by atoms with Crippen molar-refractivity contribution in [2.45, 2.75) is 33.7 Å².